The van der Waals surface area contributed by atoms with Gasteiger partial charge in [0, 0.05) is 25.8 Å². The minimum Gasteiger partial charge on any atom is -0.359 e. The first-order valence-corrected chi connectivity index (χ1v) is 11.4. The van der Waals surface area contributed by atoms with Crippen molar-refractivity contribution in [2.45, 2.75) is 33.2 Å². The molecule has 0 saturated carbocycles. The average Bonchev–Trinajstić information content (AvgIpc) is 3.22. The molecule has 0 radical (unpaired) electrons. The number of anilines is 2. The highest BCUT2D eigenvalue weighted by Gasteiger charge is 2.27. The number of carbonyl (C=O) groups excluding carboxylic acids is 2. The minimum absolute atomic E-state index is 0.0196. The Morgan fingerprint density at radius 2 is 2.09 bits per heavy atom. The highest BCUT2D eigenvalue weighted by Crippen LogP contribution is 2.29. The number of amides is 2. The highest BCUT2D eigenvalue weighted by atomic mass is 32.1. The Hall–Kier alpha value is -3.27. The molecule has 32 heavy (non-hydrogen) atoms. The molecule has 1 atom stereocenters. The molecule has 2 amide bonds. The van der Waals surface area contributed by atoms with Crippen molar-refractivity contribution in [3.8, 4) is 0 Å². The number of hydrogen-bond acceptors (Lipinski definition) is 7. The molecule has 1 saturated heterocycles. The van der Waals surface area contributed by atoms with Crippen molar-refractivity contribution in [2.24, 2.45) is 5.92 Å². The van der Waals surface area contributed by atoms with Crippen molar-refractivity contribution < 1.29 is 9.59 Å². The lowest BCUT2D eigenvalue weighted by Gasteiger charge is -2.31. The predicted molar refractivity (Wildman–Crippen MR) is 125 cm³/mol. The lowest BCUT2D eigenvalue weighted by molar-refractivity contribution is -0.124. The molecule has 2 aromatic heterocycles. The van der Waals surface area contributed by atoms with Crippen LogP contribution in [0.25, 0.3) is 10.3 Å². The van der Waals surface area contributed by atoms with E-state index in [1.54, 1.807) is 7.05 Å². The van der Waals surface area contributed by atoms with Crippen LogP contribution in [-0.2, 0) is 16.1 Å². The van der Waals surface area contributed by atoms with E-state index in [1.165, 1.54) is 22.2 Å². The first-order chi connectivity index (χ1) is 15.4. The van der Waals surface area contributed by atoms with Gasteiger partial charge in [0.15, 0.2) is 10.8 Å². The Bertz CT molecular complexity index is 1230. The third-order valence-corrected chi connectivity index (χ3v) is 6.74. The van der Waals surface area contributed by atoms with Gasteiger partial charge in [-0.3, -0.25) is 19.0 Å². The van der Waals surface area contributed by atoms with Crippen molar-refractivity contribution in [2.75, 3.05) is 30.4 Å². The molecule has 0 bridgehead atoms. The minimum atomic E-state index is -0.297. The van der Waals surface area contributed by atoms with E-state index in [1.807, 2.05) is 36.9 Å². The van der Waals surface area contributed by atoms with Crippen molar-refractivity contribution in [3.63, 3.8) is 0 Å². The van der Waals surface area contributed by atoms with Gasteiger partial charge in [0.2, 0.25) is 11.8 Å². The summed E-state index contributed by atoms with van der Waals surface area (Å²) in [5, 5.41) is 6.24. The van der Waals surface area contributed by atoms with Gasteiger partial charge in [-0.25, -0.2) is 4.98 Å². The molecule has 0 spiro atoms. The summed E-state index contributed by atoms with van der Waals surface area (Å²) in [7, 11) is 1.64. The number of aromatic nitrogens is 3. The largest absolute Gasteiger partial charge is 0.359 e. The number of thiazole rings is 1. The van der Waals surface area contributed by atoms with E-state index in [4.69, 9.17) is 0 Å². The van der Waals surface area contributed by atoms with Crippen LogP contribution in [0.1, 0.15) is 24.0 Å². The molecule has 1 aliphatic heterocycles. The Labute approximate surface area is 189 Å². The molecule has 3 heterocycles. The van der Waals surface area contributed by atoms with E-state index in [0.29, 0.717) is 22.0 Å². The molecule has 1 aliphatic rings. The number of carbonyl (C=O) groups is 2. The zero-order valence-corrected chi connectivity index (χ0v) is 19.2. The van der Waals surface area contributed by atoms with Crippen LogP contribution in [0.3, 0.4) is 0 Å². The number of nitrogens with zero attached hydrogens (tertiary/aromatic N) is 4. The summed E-state index contributed by atoms with van der Waals surface area (Å²) in [6, 6.07) is 5.77. The molecule has 0 aliphatic carbocycles. The lowest BCUT2D eigenvalue weighted by atomic mass is 9.98. The molecule has 1 aromatic carbocycles. The van der Waals surface area contributed by atoms with E-state index in [-0.39, 0.29) is 29.8 Å². The second kappa shape index (κ2) is 9.07. The number of rotatable bonds is 5. The summed E-state index contributed by atoms with van der Waals surface area (Å²) >= 11 is 1.26. The molecule has 10 heteroatoms. The smallest absolute Gasteiger partial charge is 0.273 e. The maximum Gasteiger partial charge on any atom is 0.273 e. The van der Waals surface area contributed by atoms with Crippen LogP contribution in [0.4, 0.5) is 10.8 Å². The molecule has 3 aromatic rings. The number of hydrogen-bond donors (Lipinski definition) is 2. The SMILES string of the molecule is CNC(=O)[C@@H]1CCCN(c2nc3ncn(CC(=O)Nc4ccc(C)cc4C)c(=O)c3s2)C1. The van der Waals surface area contributed by atoms with Gasteiger partial charge in [-0.15, -0.1) is 0 Å². The van der Waals surface area contributed by atoms with Crippen LogP contribution in [0.5, 0.6) is 0 Å². The molecule has 168 valence electrons. The fraction of sp³-hybridized carbons (Fsp3) is 0.409. The number of piperidine rings is 1. The summed E-state index contributed by atoms with van der Waals surface area (Å²) in [5.41, 5.74) is 2.86. The van der Waals surface area contributed by atoms with E-state index in [0.717, 1.165) is 36.2 Å². The van der Waals surface area contributed by atoms with E-state index >= 15 is 0 Å². The number of fused-ring (bicyclic) bond motifs is 1. The van der Waals surface area contributed by atoms with Gasteiger partial charge in [0.1, 0.15) is 17.6 Å². The van der Waals surface area contributed by atoms with Crippen LogP contribution in [0.2, 0.25) is 0 Å². The summed E-state index contributed by atoms with van der Waals surface area (Å²) in [5.74, 6) is -0.375. The van der Waals surface area contributed by atoms with E-state index in [9.17, 15) is 14.4 Å². The van der Waals surface area contributed by atoms with Crippen LogP contribution in [0, 0.1) is 19.8 Å². The van der Waals surface area contributed by atoms with Gasteiger partial charge in [-0.2, -0.15) is 4.98 Å². The topological polar surface area (TPSA) is 109 Å². The van der Waals surface area contributed by atoms with Crippen molar-refractivity contribution in [1.82, 2.24) is 19.9 Å². The first kappa shape index (κ1) is 21.9. The Morgan fingerprint density at radius 1 is 1.28 bits per heavy atom. The third-order valence-electron chi connectivity index (χ3n) is 5.65. The maximum absolute atomic E-state index is 13.0. The summed E-state index contributed by atoms with van der Waals surface area (Å²) in [4.78, 5) is 48.4. The molecule has 0 unspecified atom stereocenters. The maximum atomic E-state index is 13.0. The second-order valence-corrected chi connectivity index (χ2v) is 9.07. The first-order valence-electron chi connectivity index (χ1n) is 10.6. The quantitative estimate of drug-likeness (QED) is 0.611. The molecular weight excluding hydrogens is 428 g/mol. The van der Waals surface area contributed by atoms with Crippen molar-refractivity contribution in [3.05, 3.63) is 46.0 Å². The third kappa shape index (κ3) is 4.50. The molecule has 4 rings (SSSR count). The van der Waals surface area contributed by atoms with Gasteiger partial charge in [-0.05, 0) is 38.3 Å². The van der Waals surface area contributed by atoms with Gasteiger partial charge in [0.25, 0.3) is 5.56 Å². The van der Waals surface area contributed by atoms with Gasteiger partial charge >= 0.3 is 0 Å². The molecule has 2 N–H and O–H groups in total. The standard InChI is InChI=1S/C22H26N6O3S/c1-13-6-7-16(14(2)9-13)25-17(29)11-28-12-24-19-18(21(28)31)32-22(26-19)27-8-4-5-15(10-27)20(30)23-3/h6-7,9,12,15H,4-5,8,10-11H2,1-3H3,(H,23,30)(H,25,29)/t15-/m1/s1. The molecule has 1 fully saturated rings. The Morgan fingerprint density at radius 3 is 2.84 bits per heavy atom. The van der Waals surface area contributed by atoms with Crippen LogP contribution in [-0.4, -0.2) is 46.5 Å². The fourth-order valence-corrected chi connectivity index (χ4v) is 4.95. The summed E-state index contributed by atoms with van der Waals surface area (Å²) in [6.45, 7) is 5.12. The monoisotopic (exact) mass is 454 g/mol. The molecular formula is C22H26N6O3S. The van der Waals surface area contributed by atoms with Gasteiger partial charge in [-0.1, -0.05) is 29.0 Å². The van der Waals surface area contributed by atoms with Crippen LogP contribution < -0.4 is 21.1 Å². The van der Waals surface area contributed by atoms with Crippen LogP contribution in [0.15, 0.2) is 29.3 Å². The van der Waals surface area contributed by atoms with E-state index in [2.05, 4.69) is 20.6 Å². The van der Waals surface area contributed by atoms with Gasteiger partial charge < -0.3 is 15.5 Å². The van der Waals surface area contributed by atoms with E-state index < -0.39 is 0 Å². The number of nitrogens with one attached hydrogen (secondary N) is 2. The highest BCUT2D eigenvalue weighted by molar-refractivity contribution is 7.22. The summed E-state index contributed by atoms with van der Waals surface area (Å²) < 4.78 is 1.70. The summed E-state index contributed by atoms with van der Waals surface area (Å²) in [6.07, 6.45) is 3.07. The Kier molecular flexibility index (Phi) is 6.22. The van der Waals surface area contributed by atoms with Gasteiger partial charge in [0.05, 0.1) is 5.92 Å². The zero-order chi connectivity index (χ0) is 22.8. The second-order valence-electron chi connectivity index (χ2n) is 8.09. The normalized spacial score (nSPS) is 16.2. The molecule has 9 nitrogen and oxygen atoms in total. The number of aryl methyl sites for hydroxylation is 2. The van der Waals surface area contributed by atoms with Crippen molar-refractivity contribution in [1.29, 1.82) is 0 Å². The fourth-order valence-electron chi connectivity index (χ4n) is 3.95. The average molecular weight is 455 g/mol. The zero-order valence-electron chi connectivity index (χ0n) is 18.3. The number of benzene rings is 1. The van der Waals surface area contributed by atoms with Crippen molar-refractivity contribution >= 4 is 44.3 Å². The lowest BCUT2D eigenvalue weighted by Crippen LogP contribution is -2.42. The van der Waals surface area contributed by atoms with Crippen LogP contribution >= 0.6 is 11.3 Å². The Balaban J connectivity index is 1.52. The predicted octanol–water partition coefficient (Wildman–Crippen LogP) is 2.07.